The van der Waals surface area contributed by atoms with Crippen molar-refractivity contribution in [2.24, 2.45) is 10.9 Å². The van der Waals surface area contributed by atoms with Crippen LogP contribution >= 0.6 is 0 Å². The molecule has 2 heterocycles. The lowest BCUT2D eigenvalue weighted by Crippen LogP contribution is -2.50. The first-order chi connectivity index (χ1) is 13.0. The van der Waals surface area contributed by atoms with Crippen LogP contribution in [0.5, 0.6) is 0 Å². The number of hydrogen-bond acceptors (Lipinski definition) is 5. The second kappa shape index (κ2) is 11.3. The van der Waals surface area contributed by atoms with E-state index in [-0.39, 0.29) is 6.10 Å². The fourth-order valence-corrected chi connectivity index (χ4v) is 3.50. The Morgan fingerprint density at radius 1 is 1.33 bits per heavy atom. The average Bonchev–Trinajstić information content (AvgIpc) is 3.11. The van der Waals surface area contributed by atoms with Crippen LogP contribution in [0.4, 0.5) is 0 Å². The summed E-state index contributed by atoms with van der Waals surface area (Å²) in [7, 11) is 1.78. The number of rotatable bonds is 9. The topological polar surface area (TPSA) is 74.9 Å². The van der Waals surface area contributed by atoms with Crippen molar-refractivity contribution in [3.8, 4) is 0 Å². The minimum absolute atomic E-state index is 0.183. The molecule has 1 aromatic heterocycles. The minimum Gasteiger partial charge on any atom is -0.374 e. The molecule has 2 rings (SSSR count). The molecule has 1 unspecified atom stereocenters. The molecule has 1 aromatic rings. The molecule has 1 saturated heterocycles. The molecule has 0 saturated carbocycles. The van der Waals surface area contributed by atoms with Crippen LogP contribution in [0.1, 0.15) is 57.9 Å². The number of aromatic nitrogens is 1. The fraction of sp³-hybridized carbons (Fsp3) is 0.800. The van der Waals surface area contributed by atoms with Crippen molar-refractivity contribution in [2.45, 2.75) is 59.1 Å². The van der Waals surface area contributed by atoms with Gasteiger partial charge in [-0.1, -0.05) is 32.9 Å². The molecular weight excluding hydrogens is 342 g/mol. The van der Waals surface area contributed by atoms with Crippen LogP contribution in [0.2, 0.25) is 0 Å². The quantitative estimate of drug-likeness (QED) is 0.507. The normalized spacial score (nSPS) is 19.1. The van der Waals surface area contributed by atoms with E-state index in [1.807, 2.05) is 6.07 Å². The van der Waals surface area contributed by atoms with Gasteiger partial charge in [-0.25, -0.2) is 0 Å². The molecule has 1 aliphatic heterocycles. The monoisotopic (exact) mass is 379 g/mol. The molecule has 1 fully saturated rings. The second-order valence-electron chi connectivity index (χ2n) is 7.68. The van der Waals surface area contributed by atoms with Crippen LogP contribution in [0.3, 0.4) is 0 Å². The molecule has 0 aliphatic carbocycles. The maximum atomic E-state index is 5.89. The number of nitrogens with one attached hydrogen (secondary N) is 2. The van der Waals surface area contributed by atoms with Gasteiger partial charge in [-0.15, -0.1) is 0 Å². The van der Waals surface area contributed by atoms with Gasteiger partial charge in [0.05, 0.1) is 24.9 Å². The zero-order valence-corrected chi connectivity index (χ0v) is 17.6. The summed E-state index contributed by atoms with van der Waals surface area (Å²) in [6.45, 7) is 14.1. The van der Waals surface area contributed by atoms with Crippen molar-refractivity contribution >= 4 is 5.96 Å². The lowest BCUT2D eigenvalue weighted by molar-refractivity contribution is -0.0284. The summed E-state index contributed by atoms with van der Waals surface area (Å²) in [6.07, 6.45) is 2.34. The van der Waals surface area contributed by atoms with E-state index in [4.69, 9.17) is 9.26 Å². The molecule has 2 N–H and O–H groups in total. The smallest absolute Gasteiger partial charge is 0.191 e. The molecule has 7 nitrogen and oxygen atoms in total. The van der Waals surface area contributed by atoms with Gasteiger partial charge in [-0.2, -0.15) is 0 Å². The zero-order chi connectivity index (χ0) is 19.6. The predicted molar refractivity (Wildman–Crippen MR) is 109 cm³/mol. The van der Waals surface area contributed by atoms with Gasteiger partial charge in [0.2, 0.25) is 0 Å². The van der Waals surface area contributed by atoms with E-state index >= 15 is 0 Å². The zero-order valence-electron chi connectivity index (χ0n) is 17.6. The number of guanidine groups is 1. The van der Waals surface area contributed by atoms with E-state index in [0.29, 0.717) is 18.4 Å². The largest absolute Gasteiger partial charge is 0.374 e. The molecule has 0 bridgehead atoms. The molecule has 0 aromatic carbocycles. The summed E-state index contributed by atoms with van der Waals surface area (Å²) in [5, 5.41) is 10.9. The first kappa shape index (κ1) is 21.7. The first-order valence-electron chi connectivity index (χ1n) is 10.3. The van der Waals surface area contributed by atoms with Gasteiger partial charge in [0.1, 0.15) is 0 Å². The van der Waals surface area contributed by atoms with Crippen LogP contribution in [0.25, 0.3) is 0 Å². The Morgan fingerprint density at radius 2 is 2.11 bits per heavy atom. The highest BCUT2D eigenvalue weighted by Crippen LogP contribution is 2.22. The van der Waals surface area contributed by atoms with Gasteiger partial charge in [0.25, 0.3) is 0 Å². The van der Waals surface area contributed by atoms with E-state index < -0.39 is 0 Å². The van der Waals surface area contributed by atoms with Crippen LogP contribution < -0.4 is 10.6 Å². The third-order valence-electron chi connectivity index (χ3n) is 4.98. The van der Waals surface area contributed by atoms with Crippen LogP contribution in [-0.4, -0.2) is 62.0 Å². The standard InChI is InChI=1S/C20H37N5O2/c1-6-16(7-2)19-10-17(27-24-19)11-22-20(21-5)23-12-18-14-25(8-9-26-18)13-15(3)4/h10,15-16,18H,6-9,11-14H2,1-5H3,(H2,21,22,23). The van der Waals surface area contributed by atoms with Gasteiger partial charge < -0.3 is 19.9 Å². The molecule has 1 atom stereocenters. The first-order valence-corrected chi connectivity index (χ1v) is 10.3. The van der Waals surface area contributed by atoms with Crippen LogP contribution in [0.15, 0.2) is 15.6 Å². The highest BCUT2D eigenvalue weighted by atomic mass is 16.5. The summed E-state index contributed by atoms with van der Waals surface area (Å²) in [6, 6.07) is 2.05. The van der Waals surface area contributed by atoms with Crippen molar-refractivity contribution in [1.29, 1.82) is 0 Å². The molecule has 1 aliphatic rings. The lowest BCUT2D eigenvalue weighted by atomic mass is 9.99. The average molecular weight is 380 g/mol. The Bertz CT molecular complexity index is 568. The summed E-state index contributed by atoms with van der Waals surface area (Å²) in [4.78, 5) is 6.77. The highest BCUT2D eigenvalue weighted by molar-refractivity contribution is 5.79. The Kier molecular flexibility index (Phi) is 9.07. The van der Waals surface area contributed by atoms with Crippen molar-refractivity contribution in [2.75, 3.05) is 39.8 Å². The predicted octanol–water partition coefficient (Wildman–Crippen LogP) is 2.60. The van der Waals surface area contributed by atoms with E-state index in [2.05, 4.69) is 53.4 Å². The Balaban J connectivity index is 1.76. The fourth-order valence-electron chi connectivity index (χ4n) is 3.50. The maximum Gasteiger partial charge on any atom is 0.191 e. The van der Waals surface area contributed by atoms with E-state index in [1.54, 1.807) is 7.05 Å². The summed E-state index contributed by atoms with van der Waals surface area (Å²) >= 11 is 0. The Labute approximate surface area is 163 Å². The van der Waals surface area contributed by atoms with E-state index in [0.717, 1.165) is 63.0 Å². The molecule has 154 valence electrons. The molecule has 0 spiro atoms. The maximum absolute atomic E-state index is 5.89. The van der Waals surface area contributed by atoms with Crippen molar-refractivity contribution in [3.05, 3.63) is 17.5 Å². The molecule has 0 radical (unpaired) electrons. The minimum atomic E-state index is 0.183. The third kappa shape index (κ3) is 7.14. The van der Waals surface area contributed by atoms with E-state index in [1.165, 1.54) is 0 Å². The van der Waals surface area contributed by atoms with Gasteiger partial charge in [0.15, 0.2) is 11.7 Å². The summed E-state index contributed by atoms with van der Waals surface area (Å²) in [5.41, 5.74) is 1.04. The second-order valence-corrected chi connectivity index (χ2v) is 7.68. The Morgan fingerprint density at radius 3 is 2.78 bits per heavy atom. The number of nitrogens with zero attached hydrogens (tertiary/aromatic N) is 3. The van der Waals surface area contributed by atoms with Crippen LogP contribution in [-0.2, 0) is 11.3 Å². The molecule has 27 heavy (non-hydrogen) atoms. The number of aliphatic imine (C=N–C) groups is 1. The molecule has 7 heteroatoms. The van der Waals surface area contributed by atoms with Crippen molar-refractivity contribution in [3.63, 3.8) is 0 Å². The van der Waals surface area contributed by atoms with E-state index in [9.17, 15) is 0 Å². The van der Waals surface area contributed by atoms with Crippen molar-refractivity contribution in [1.82, 2.24) is 20.7 Å². The SMILES string of the molecule is CCC(CC)c1cc(CNC(=NC)NCC2CN(CC(C)C)CCO2)on1. The Hall–Kier alpha value is -1.60. The number of morpholine rings is 1. The highest BCUT2D eigenvalue weighted by Gasteiger charge is 2.21. The van der Waals surface area contributed by atoms with Gasteiger partial charge in [-0.3, -0.25) is 9.89 Å². The molecule has 0 amide bonds. The number of hydrogen-bond donors (Lipinski definition) is 2. The van der Waals surface area contributed by atoms with Crippen LogP contribution in [0, 0.1) is 5.92 Å². The lowest BCUT2D eigenvalue weighted by Gasteiger charge is -2.34. The van der Waals surface area contributed by atoms with Crippen molar-refractivity contribution < 1.29 is 9.26 Å². The summed E-state index contributed by atoms with van der Waals surface area (Å²) < 4.78 is 11.3. The third-order valence-corrected chi connectivity index (χ3v) is 4.98. The summed E-state index contributed by atoms with van der Waals surface area (Å²) in [5.74, 6) is 2.73. The van der Waals surface area contributed by atoms with Gasteiger partial charge >= 0.3 is 0 Å². The molecular formula is C20H37N5O2. The van der Waals surface area contributed by atoms with Gasteiger partial charge in [-0.05, 0) is 18.8 Å². The number of ether oxygens (including phenoxy) is 1. The van der Waals surface area contributed by atoms with Gasteiger partial charge in [0, 0.05) is 45.2 Å².